The molecule has 0 radical (unpaired) electrons. The van der Waals surface area contributed by atoms with Crippen molar-refractivity contribution in [1.29, 1.82) is 0 Å². The van der Waals surface area contributed by atoms with E-state index in [1.54, 1.807) is 0 Å². The van der Waals surface area contributed by atoms with Crippen LogP contribution in [-0.4, -0.2) is 24.8 Å². The molecule has 1 aromatic heterocycles. The molecule has 118 valence electrons. The highest BCUT2D eigenvalue weighted by atomic mass is 79.9. The van der Waals surface area contributed by atoms with Crippen LogP contribution in [0.4, 0.5) is 0 Å². The van der Waals surface area contributed by atoms with Crippen molar-refractivity contribution >= 4 is 27.3 Å². The summed E-state index contributed by atoms with van der Waals surface area (Å²) in [5.74, 6) is 0.803. The number of rotatable bonds is 5. The molecule has 0 bridgehead atoms. The van der Waals surface area contributed by atoms with Gasteiger partial charge in [0.05, 0.1) is 9.89 Å². The first kappa shape index (κ1) is 16.0. The predicted molar refractivity (Wildman–Crippen MR) is 93.0 cm³/mol. The average molecular weight is 372 g/mol. The van der Waals surface area contributed by atoms with E-state index in [-0.39, 0.29) is 11.0 Å². The summed E-state index contributed by atoms with van der Waals surface area (Å²) in [6, 6.07) is 4.45. The van der Waals surface area contributed by atoms with Crippen LogP contribution in [0.5, 0.6) is 0 Å². The Balaban J connectivity index is 1.79. The van der Waals surface area contributed by atoms with Crippen LogP contribution in [-0.2, 0) is 11.2 Å². The van der Waals surface area contributed by atoms with E-state index in [0.717, 1.165) is 25.5 Å². The fourth-order valence-corrected chi connectivity index (χ4v) is 5.06. The molecule has 1 aliphatic heterocycles. The summed E-state index contributed by atoms with van der Waals surface area (Å²) in [7, 11) is 0. The highest BCUT2D eigenvalue weighted by Gasteiger charge is 2.51. The lowest BCUT2D eigenvalue weighted by Crippen LogP contribution is -2.49. The lowest BCUT2D eigenvalue weighted by molar-refractivity contribution is 0.0283. The Hall–Kier alpha value is 0.1000. The maximum absolute atomic E-state index is 6.19. The summed E-state index contributed by atoms with van der Waals surface area (Å²) in [6.07, 6.45) is 5.50. The minimum atomic E-state index is 0.166. The summed E-state index contributed by atoms with van der Waals surface area (Å²) >= 11 is 5.47. The minimum Gasteiger partial charge on any atom is -0.377 e. The number of hydrogen-bond acceptors (Lipinski definition) is 3. The maximum Gasteiger partial charge on any atom is 0.0701 e. The normalized spacial score (nSPS) is 30.0. The second-order valence-electron chi connectivity index (χ2n) is 7.73. The van der Waals surface area contributed by atoms with Crippen LogP contribution in [0.25, 0.3) is 0 Å². The van der Waals surface area contributed by atoms with Gasteiger partial charge in [0.15, 0.2) is 0 Å². The third-order valence-corrected chi connectivity index (χ3v) is 6.30. The standard InChI is InChI=1S/C17H26BrNOS/c1-16(2,3)19-11-17(10-13-6-7-14(18)21-13)8-9-20-15(17)12-4-5-12/h6-7,12,15,19H,4-5,8-11H2,1-3H3. The van der Waals surface area contributed by atoms with E-state index in [2.05, 4.69) is 54.2 Å². The summed E-state index contributed by atoms with van der Waals surface area (Å²) in [6.45, 7) is 8.76. The average Bonchev–Trinajstić information content (AvgIpc) is 3.03. The SMILES string of the molecule is CC(C)(C)NCC1(Cc2ccc(Br)s2)CCOC1C1CC1. The molecule has 3 rings (SSSR count). The predicted octanol–water partition coefficient (Wildman–Crippen LogP) is 4.63. The molecule has 0 aromatic carbocycles. The highest BCUT2D eigenvalue weighted by Crippen LogP contribution is 2.50. The quantitative estimate of drug-likeness (QED) is 0.814. The van der Waals surface area contributed by atoms with Crippen LogP contribution >= 0.6 is 27.3 Å². The van der Waals surface area contributed by atoms with Crippen molar-refractivity contribution in [2.24, 2.45) is 11.3 Å². The van der Waals surface area contributed by atoms with Gasteiger partial charge in [-0.1, -0.05) is 0 Å². The van der Waals surface area contributed by atoms with E-state index >= 15 is 0 Å². The Labute approximate surface area is 140 Å². The highest BCUT2D eigenvalue weighted by molar-refractivity contribution is 9.11. The number of thiophene rings is 1. The largest absolute Gasteiger partial charge is 0.377 e. The molecule has 0 spiro atoms. The molecule has 1 aliphatic carbocycles. The lowest BCUT2D eigenvalue weighted by Gasteiger charge is -2.37. The zero-order valence-electron chi connectivity index (χ0n) is 13.2. The van der Waals surface area contributed by atoms with Gasteiger partial charge in [0.1, 0.15) is 0 Å². The molecule has 2 nitrogen and oxygen atoms in total. The minimum absolute atomic E-state index is 0.166. The topological polar surface area (TPSA) is 21.3 Å². The van der Waals surface area contributed by atoms with Crippen LogP contribution in [0.2, 0.25) is 0 Å². The zero-order chi connectivity index (χ0) is 15.1. The van der Waals surface area contributed by atoms with Gasteiger partial charge in [0.25, 0.3) is 0 Å². The van der Waals surface area contributed by atoms with Gasteiger partial charge >= 0.3 is 0 Å². The molecule has 2 aliphatic rings. The molecular formula is C17H26BrNOS. The van der Waals surface area contributed by atoms with Crippen LogP contribution in [0.15, 0.2) is 15.9 Å². The first-order valence-electron chi connectivity index (χ1n) is 7.99. The molecule has 21 heavy (non-hydrogen) atoms. The molecule has 2 atom stereocenters. The molecule has 1 N–H and O–H groups in total. The Morgan fingerprint density at radius 2 is 2.14 bits per heavy atom. The Morgan fingerprint density at radius 3 is 2.71 bits per heavy atom. The number of nitrogens with one attached hydrogen (secondary N) is 1. The molecule has 1 aromatic rings. The molecule has 4 heteroatoms. The van der Waals surface area contributed by atoms with Crippen molar-refractivity contribution in [3.63, 3.8) is 0 Å². The van der Waals surface area contributed by atoms with Crippen LogP contribution in [0.3, 0.4) is 0 Å². The van der Waals surface area contributed by atoms with Gasteiger partial charge in [0, 0.05) is 29.0 Å². The fraction of sp³-hybridized carbons (Fsp3) is 0.765. The molecule has 2 heterocycles. The molecule has 1 saturated carbocycles. The van der Waals surface area contributed by atoms with Gasteiger partial charge in [-0.25, -0.2) is 0 Å². The molecule has 1 saturated heterocycles. The summed E-state index contributed by atoms with van der Waals surface area (Å²) in [5, 5.41) is 3.76. The third-order valence-electron chi connectivity index (χ3n) is 4.68. The van der Waals surface area contributed by atoms with Gasteiger partial charge in [-0.2, -0.15) is 0 Å². The van der Waals surface area contributed by atoms with Crippen molar-refractivity contribution in [1.82, 2.24) is 5.32 Å². The lowest BCUT2D eigenvalue weighted by atomic mass is 9.75. The van der Waals surface area contributed by atoms with Gasteiger partial charge < -0.3 is 10.1 Å². The smallest absolute Gasteiger partial charge is 0.0701 e. The van der Waals surface area contributed by atoms with Crippen molar-refractivity contribution < 1.29 is 4.74 Å². The van der Waals surface area contributed by atoms with Crippen LogP contribution in [0, 0.1) is 11.3 Å². The van der Waals surface area contributed by atoms with Crippen molar-refractivity contribution in [2.75, 3.05) is 13.2 Å². The van der Waals surface area contributed by atoms with Gasteiger partial charge in [-0.05, 0) is 80.4 Å². The van der Waals surface area contributed by atoms with Crippen molar-refractivity contribution in [3.8, 4) is 0 Å². The monoisotopic (exact) mass is 371 g/mol. The Morgan fingerprint density at radius 1 is 1.38 bits per heavy atom. The first-order chi connectivity index (χ1) is 9.88. The van der Waals surface area contributed by atoms with E-state index in [4.69, 9.17) is 4.74 Å². The Kier molecular flexibility index (Phi) is 4.53. The first-order valence-corrected chi connectivity index (χ1v) is 9.60. The van der Waals surface area contributed by atoms with E-state index < -0.39 is 0 Å². The van der Waals surface area contributed by atoms with E-state index in [9.17, 15) is 0 Å². The number of ether oxygens (including phenoxy) is 1. The summed E-state index contributed by atoms with van der Waals surface area (Å²) < 4.78 is 7.42. The van der Waals surface area contributed by atoms with Crippen LogP contribution in [0.1, 0.15) is 44.9 Å². The third kappa shape index (κ3) is 3.90. The maximum atomic E-state index is 6.19. The van der Waals surface area contributed by atoms with E-state index in [1.807, 2.05) is 11.3 Å². The van der Waals surface area contributed by atoms with Crippen molar-refractivity contribution in [2.45, 2.75) is 58.1 Å². The van der Waals surface area contributed by atoms with Crippen LogP contribution < -0.4 is 5.32 Å². The molecule has 2 fully saturated rings. The number of hydrogen-bond donors (Lipinski definition) is 1. The fourth-order valence-electron chi connectivity index (χ4n) is 3.42. The molecule has 2 unspecified atom stereocenters. The zero-order valence-corrected chi connectivity index (χ0v) is 15.6. The number of halogens is 1. The summed E-state index contributed by atoms with van der Waals surface area (Å²) in [5.41, 5.74) is 0.443. The molecular weight excluding hydrogens is 346 g/mol. The Bertz CT molecular complexity index is 491. The second kappa shape index (κ2) is 5.95. The van der Waals surface area contributed by atoms with Gasteiger partial charge in [-0.3, -0.25) is 0 Å². The second-order valence-corrected chi connectivity index (χ2v) is 10.3. The van der Waals surface area contributed by atoms with E-state index in [1.165, 1.54) is 27.9 Å². The molecule has 0 amide bonds. The van der Waals surface area contributed by atoms with E-state index in [0.29, 0.717) is 6.10 Å². The van der Waals surface area contributed by atoms with Gasteiger partial charge in [-0.15, -0.1) is 11.3 Å². The van der Waals surface area contributed by atoms with Crippen molar-refractivity contribution in [3.05, 3.63) is 20.8 Å². The van der Waals surface area contributed by atoms with Gasteiger partial charge in [0.2, 0.25) is 0 Å². The summed E-state index contributed by atoms with van der Waals surface area (Å²) in [4.78, 5) is 1.48.